The van der Waals surface area contributed by atoms with Gasteiger partial charge in [-0.2, -0.15) is 0 Å². The standard InChI is InChI=1S/C16H27BN3O3/c21-15(11-5-2-1-3-6-11)19-12-9-13(18-10-12)16(22)20-8-4-7-14(20)17-23/h11-14,18,23H,1-10H2,(H,19,21)/t12-,13-,14-/m0/s1. The topological polar surface area (TPSA) is 81.7 Å². The van der Waals surface area contributed by atoms with Crippen LogP contribution in [-0.2, 0) is 9.59 Å². The van der Waals surface area contributed by atoms with Crippen molar-refractivity contribution in [3.05, 3.63) is 0 Å². The molecular weight excluding hydrogens is 293 g/mol. The van der Waals surface area contributed by atoms with Gasteiger partial charge < -0.3 is 20.6 Å². The highest BCUT2D eigenvalue weighted by Crippen LogP contribution is 2.24. The zero-order valence-corrected chi connectivity index (χ0v) is 13.7. The summed E-state index contributed by atoms with van der Waals surface area (Å²) in [5, 5.41) is 15.6. The van der Waals surface area contributed by atoms with Crippen molar-refractivity contribution in [3.8, 4) is 0 Å². The smallest absolute Gasteiger partial charge is 0.312 e. The molecule has 3 atom stereocenters. The second-order valence-corrected chi connectivity index (χ2v) is 7.13. The quantitative estimate of drug-likeness (QED) is 0.636. The van der Waals surface area contributed by atoms with Gasteiger partial charge in [0.2, 0.25) is 11.8 Å². The number of nitrogens with one attached hydrogen (secondary N) is 2. The zero-order chi connectivity index (χ0) is 16.2. The van der Waals surface area contributed by atoms with Crippen LogP contribution in [0.3, 0.4) is 0 Å². The van der Waals surface area contributed by atoms with E-state index in [0.717, 1.165) is 46.0 Å². The third-order valence-electron chi connectivity index (χ3n) is 5.51. The normalized spacial score (nSPS) is 32.0. The molecule has 2 amide bonds. The van der Waals surface area contributed by atoms with Gasteiger partial charge in [0.1, 0.15) is 0 Å². The van der Waals surface area contributed by atoms with Crippen LogP contribution in [0.25, 0.3) is 0 Å². The molecule has 0 aromatic rings. The lowest BCUT2D eigenvalue weighted by molar-refractivity contribution is -0.133. The van der Waals surface area contributed by atoms with E-state index in [1.54, 1.807) is 4.90 Å². The number of amides is 2. The highest BCUT2D eigenvalue weighted by Gasteiger charge is 2.37. The van der Waals surface area contributed by atoms with Crippen LogP contribution in [0.4, 0.5) is 0 Å². The Morgan fingerprint density at radius 2 is 1.91 bits per heavy atom. The summed E-state index contributed by atoms with van der Waals surface area (Å²) in [6.07, 6.45) is 7.94. The van der Waals surface area contributed by atoms with Crippen molar-refractivity contribution >= 4 is 19.3 Å². The molecule has 23 heavy (non-hydrogen) atoms. The SMILES string of the molecule is O=C(N[C@@H]1CN[C@H](C(=O)N2CCC[C@H]2[B]O)C1)C1CCCCC1. The second kappa shape index (κ2) is 7.66. The van der Waals surface area contributed by atoms with Gasteiger partial charge in [-0.15, -0.1) is 0 Å². The molecular formula is C16H27BN3O3. The molecule has 2 heterocycles. The Balaban J connectivity index is 1.48. The number of carbonyl (C=O) groups is 2. The molecule has 0 aromatic carbocycles. The van der Waals surface area contributed by atoms with Gasteiger partial charge in [-0.3, -0.25) is 9.59 Å². The molecule has 3 fully saturated rings. The Kier molecular flexibility index (Phi) is 5.59. The predicted molar refractivity (Wildman–Crippen MR) is 87.6 cm³/mol. The molecule has 0 unspecified atom stereocenters. The van der Waals surface area contributed by atoms with E-state index in [0.29, 0.717) is 19.5 Å². The van der Waals surface area contributed by atoms with Crippen molar-refractivity contribution in [1.29, 1.82) is 0 Å². The van der Waals surface area contributed by atoms with E-state index < -0.39 is 0 Å². The molecule has 0 bridgehead atoms. The molecule has 7 heteroatoms. The van der Waals surface area contributed by atoms with Crippen LogP contribution >= 0.6 is 0 Å². The first kappa shape index (κ1) is 16.8. The summed E-state index contributed by atoms with van der Waals surface area (Å²) in [6, 6.07) is -0.204. The average Bonchev–Trinajstić information content (AvgIpc) is 3.24. The highest BCUT2D eigenvalue weighted by molar-refractivity contribution is 6.28. The monoisotopic (exact) mass is 320 g/mol. The molecule has 0 spiro atoms. The summed E-state index contributed by atoms with van der Waals surface area (Å²) < 4.78 is 0. The van der Waals surface area contributed by atoms with Gasteiger partial charge in [0.15, 0.2) is 0 Å². The third kappa shape index (κ3) is 3.88. The van der Waals surface area contributed by atoms with E-state index in [1.807, 2.05) is 0 Å². The first-order valence-electron chi connectivity index (χ1n) is 9.01. The van der Waals surface area contributed by atoms with Crippen LogP contribution in [0.5, 0.6) is 0 Å². The van der Waals surface area contributed by atoms with Crippen molar-refractivity contribution in [3.63, 3.8) is 0 Å². The zero-order valence-electron chi connectivity index (χ0n) is 13.7. The van der Waals surface area contributed by atoms with Crippen molar-refractivity contribution in [2.45, 2.75) is 69.4 Å². The van der Waals surface area contributed by atoms with Gasteiger partial charge in [-0.1, -0.05) is 19.3 Å². The molecule has 1 saturated carbocycles. The number of hydrogen-bond donors (Lipinski definition) is 3. The lowest BCUT2D eigenvalue weighted by Crippen LogP contribution is -2.47. The van der Waals surface area contributed by atoms with Gasteiger partial charge in [-0.05, 0) is 32.1 Å². The van der Waals surface area contributed by atoms with Gasteiger partial charge in [0.25, 0.3) is 0 Å². The fraction of sp³-hybridized carbons (Fsp3) is 0.875. The lowest BCUT2D eigenvalue weighted by Gasteiger charge is -2.26. The number of carbonyl (C=O) groups excluding carboxylic acids is 2. The molecule has 1 radical (unpaired) electrons. The summed E-state index contributed by atoms with van der Waals surface area (Å²) in [7, 11) is 1.13. The fourth-order valence-electron chi connectivity index (χ4n) is 4.14. The molecule has 3 aliphatic rings. The summed E-state index contributed by atoms with van der Waals surface area (Å²) >= 11 is 0. The van der Waals surface area contributed by atoms with Crippen molar-refractivity contribution in [2.24, 2.45) is 5.92 Å². The number of rotatable bonds is 4. The Hall–Kier alpha value is -1.08. The Morgan fingerprint density at radius 1 is 1.13 bits per heavy atom. The predicted octanol–water partition coefficient (Wildman–Crippen LogP) is -0.0266. The first-order chi connectivity index (χ1) is 11.2. The number of nitrogens with zero attached hydrogens (tertiary/aromatic N) is 1. The minimum absolute atomic E-state index is 0.0394. The molecule has 6 nitrogen and oxygen atoms in total. The molecule has 2 aliphatic heterocycles. The maximum Gasteiger partial charge on any atom is 0.312 e. The van der Waals surface area contributed by atoms with E-state index in [-0.39, 0.29) is 35.8 Å². The maximum atomic E-state index is 12.6. The molecule has 1 aliphatic carbocycles. The summed E-state index contributed by atoms with van der Waals surface area (Å²) in [5.74, 6) is 0.213. The highest BCUT2D eigenvalue weighted by atomic mass is 16.2. The van der Waals surface area contributed by atoms with Crippen molar-refractivity contribution < 1.29 is 14.6 Å². The van der Waals surface area contributed by atoms with Crippen molar-refractivity contribution in [1.82, 2.24) is 15.5 Å². The van der Waals surface area contributed by atoms with Crippen LogP contribution in [0.2, 0.25) is 0 Å². The Labute approximate surface area is 138 Å². The first-order valence-corrected chi connectivity index (χ1v) is 9.01. The van der Waals surface area contributed by atoms with Crippen LogP contribution in [-0.4, -0.2) is 60.3 Å². The Morgan fingerprint density at radius 3 is 2.65 bits per heavy atom. The maximum absolute atomic E-state index is 12.6. The Bertz CT molecular complexity index is 442. The molecule has 127 valence electrons. The summed E-state index contributed by atoms with van der Waals surface area (Å²) in [6.45, 7) is 1.36. The molecule has 3 rings (SSSR count). The fourth-order valence-corrected chi connectivity index (χ4v) is 4.14. The van der Waals surface area contributed by atoms with E-state index in [4.69, 9.17) is 0 Å². The average molecular weight is 320 g/mol. The minimum Gasteiger partial charge on any atom is -0.452 e. The number of hydrogen-bond acceptors (Lipinski definition) is 4. The van der Waals surface area contributed by atoms with Crippen LogP contribution in [0.15, 0.2) is 0 Å². The molecule has 2 saturated heterocycles. The minimum atomic E-state index is -0.243. The second-order valence-electron chi connectivity index (χ2n) is 7.13. The third-order valence-corrected chi connectivity index (χ3v) is 5.51. The van der Waals surface area contributed by atoms with Crippen LogP contribution < -0.4 is 10.6 Å². The van der Waals surface area contributed by atoms with E-state index in [9.17, 15) is 14.6 Å². The van der Waals surface area contributed by atoms with E-state index in [1.165, 1.54) is 6.42 Å². The lowest BCUT2D eigenvalue weighted by atomic mass is 9.86. The number of likely N-dealkylation sites (tertiary alicyclic amines) is 1. The van der Waals surface area contributed by atoms with Gasteiger partial charge in [0, 0.05) is 31.0 Å². The molecule has 0 aromatic heterocycles. The summed E-state index contributed by atoms with van der Waals surface area (Å²) in [4.78, 5) is 26.6. The largest absolute Gasteiger partial charge is 0.452 e. The van der Waals surface area contributed by atoms with Crippen LogP contribution in [0.1, 0.15) is 51.4 Å². The van der Waals surface area contributed by atoms with Crippen molar-refractivity contribution in [2.75, 3.05) is 13.1 Å². The van der Waals surface area contributed by atoms with E-state index in [2.05, 4.69) is 10.6 Å². The molecule has 3 N–H and O–H groups in total. The van der Waals surface area contributed by atoms with Gasteiger partial charge >= 0.3 is 7.48 Å². The van der Waals surface area contributed by atoms with Gasteiger partial charge in [-0.25, -0.2) is 0 Å². The van der Waals surface area contributed by atoms with E-state index >= 15 is 0 Å². The summed E-state index contributed by atoms with van der Waals surface area (Å²) in [5.41, 5.74) is 0. The van der Waals surface area contributed by atoms with Gasteiger partial charge in [0.05, 0.1) is 6.04 Å². The van der Waals surface area contributed by atoms with Crippen LogP contribution in [0, 0.1) is 5.92 Å².